The molecule has 1 aliphatic carbocycles. The van der Waals surface area contributed by atoms with E-state index in [-0.39, 0.29) is 5.97 Å². The average Bonchev–Trinajstić information content (AvgIpc) is 2.79. The Morgan fingerprint density at radius 2 is 2.39 bits per heavy atom. The molecule has 0 bridgehead atoms. The second-order valence-electron chi connectivity index (χ2n) is 4.53. The highest BCUT2D eigenvalue weighted by Crippen LogP contribution is 2.35. The van der Waals surface area contributed by atoms with Gasteiger partial charge in [-0.25, -0.2) is 0 Å². The maximum Gasteiger partial charge on any atom is 0.305 e. The number of benzene rings is 1. The van der Waals surface area contributed by atoms with Crippen LogP contribution in [0.5, 0.6) is 0 Å². The molecule has 3 nitrogen and oxygen atoms in total. The van der Waals surface area contributed by atoms with Crippen molar-refractivity contribution in [3.8, 4) is 0 Å². The molecule has 0 radical (unpaired) electrons. The van der Waals surface area contributed by atoms with E-state index in [0.717, 1.165) is 25.8 Å². The van der Waals surface area contributed by atoms with Gasteiger partial charge >= 0.3 is 5.97 Å². The van der Waals surface area contributed by atoms with Gasteiger partial charge in [-0.15, -0.1) is 0 Å². The molecular formula is C14H18BrNO2. The predicted octanol–water partition coefficient (Wildman–Crippen LogP) is 2.98. The van der Waals surface area contributed by atoms with Gasteiger partial charge < -0.3 is 10.1 Å². The van der Waals surface area contributed by atoms with Crippen LogP contribution in [0.15, 0.2) is 22.7 Å². The lowest BCUT2D eigenvalue weighted by Crippen LogP contribution is -2.21. The van der Waals surface area contributed by atoms with E-state index in [9.17, 15) is 4.79 Å². The fourth-order valence-electron chi connectivity index (χ4n) is 2.43. The zero-order chi connectivity index (χ0) is 13.0. The number of ether oxygens (including phenoxy) is 1. The van der Waals surface area contributed by atoms with Crippen LogP contribution in [0.3, 0.4) is 0 Å². The molecule has 0 aromatic heterocycles. The Morgan fingerprint density at radius 1 is 1.56 bits per heavy atom. The summed E-state index contributed by atoms with van der Waals surface area (Å²) in [5.74, 6) is -0.133. The molecule has 1 N–H and O–H groups in total. The number of methoxy groups -OCH3 is 1. The quantitative estimate of drug-likeness (QED) is 0.671. The highest BCUT2D eigenvalue weighted by molar-refractivity contribution is 9.10. The number of nitrogens with one attached hydrogen (secondary N) is 1. The highest BCUT2D eigenvalue weighted by atomic mass is 79.9. The van der Waals surface area contributed by atoms with Crippen LogP contribution in [0, 0.1) is 0 Å². The molecule has 0 heterocycles. The molecular weight excluding hydrogens is 294 g/mol. The van der Waals surface area contributed by atoms with Crippen LogP contribution < -0.4 is 5.32 Å². The van der Waals surface area contributed by atoms with E-state index in [0.29, 0.717) is 12.5 Å². The summed E-state index contributed by atoms with van der Waals surface area (Å²) >= 11 is 3.60. The summed E-state index contributed by atoms with van der Waals surface area (Å²) in [7, 11) is 1.43. The minimum atomic E-state index is -0.133. The molecule has 0 aliphatic heterocycles. The largest absolute Gasteiger partial charge is 0.469 e. The molecule has 0 amide bonds. The molecule has 0 saturated heterocycles. The molecule has 2 rings (SSSR count). The number of carbonyl (C=O) groups excluding carboxylic acids is 1. The van der Waals surface area contributed by atoms with E-state index in [4.69, 9.17) is 0 Å². The van der Waals surface area contributed by atoms with Crippen molar-refractivity contribution in [1.29, 1.82) is 0 Å². The Hall–Kier alpha value is -0.870. The lowest BCUT2D eigenvalue weighted by Gasteiger charge is -2.13. The first-order valence-corrected chi connectivity index (χ1v) is 7.09. The van der Waals surface area contributed by atoms with Gasteiger partial charge in [-0.05, 0) is 43.0 Å². The van der Waals surface area contributed by atoms with E-state index in [2.05, 4.69) is 44.2 Å². The van der Waals surface area contributed by atoms with Crippen molar-refractivity contribution in [1.82, 2.24) is 5.32 Å². The SMILES string of the molecule is COC(=O)CCCNC1CCc2c(Br)cccc21. The van der Waals surface area contributed by atoms with E-state index in [1.165, 1.54) is 22.7 Å². The van der Waals surface area contributed by atoms with Crippen LogP contribution in [0.2, 0.25) is 0 Å². The van der Waals surface area contributed by atoms with Crippen molar-refractivity contribution < 1.29 is 9.53 Å². The smallest absolute Gasteiger partial charge is 0.305 e. The zero-order valence-electron chi connectivity index (χ0n) is 10.5. The predicted molar refractivity (Wildman–Crippen MR) is 74.5 cm³/mol. The third-order valence-corrected chi connectivity index (χ3v) is 4.13. The fraction of sp³-hybridized carbons (Fsp3) is 0.500. The summed E-state index contributed by atoms with van der Waals surface area (Å²) in [5, 5.41) is 3.52. The molecule has 98 valence electrons. The van der Waals surface area contributed by atoms with E-state index in [1.807, 2.05) is 0 Å². The number of rotatable bonds is 5. The Morgan fingerprint density at radius 3 is 3.17 bits per heavy atom. The lowest BCUT2D eigenvalue weighted by molar-refractivity contribution is -0.140. The normalized spacial score (nSPS) is 17.6. The number of esters is 1. The Labute approximate surface area is 116 Å². The van der Waals surface area contributed by atoms with Crippen LogP contribution in [0.25, 0.3) is 0 Å². The van der Waals surface area contributed by atoms with Gasteiger partial charge in [-0.1, -0.05) is 28.1 Å². The second-order valence-corrected chi connectivity index (χ2v) is 5.39. The maximum atomic E-state index is 11.0. The van der Waals surface area contributed by atoms with Gasteiger partial charge in [0.1, 0.15) is 0 Å². The molecule has 1 atom stereocenters. The van der Waals surface area contributed by atoms with Crippen LogP contribution >= 0.6 is 15.9 Å². The second kappa shape index (κ2) is 6.34. The first kappa shape index (κ1) is 13.6. The van der Waals surface area contributed by atoms with Crippen molar-refractivity contribution >= 4 is 21.9 Å². The van der Waals surface area contributed by atoms with E-state index in [1.54, 1.807) is 0 Å². The van der Waals surface area contributed by atoms with Crippen LogP contribution in [-0.2, 0) is 16.0 Å². The van der Waals surface area contributed by atoms with Crippen LogP contribution in [0.4, 0.5) is 0 Å². The van der Waals surface area contributed by atoms with Crippen LogP contribution in [-0.4, -0.2) is 19.6 Å². The van der Waals surface area contributed by atoms with E-state index < -0.39 is 0 Å². The highest BCUT2D eigenvalue weighted by Gasteiger charge is 2.23. The van der Waals surface area contributed by atoms with Gasteiger partial charge in [0.2, 0.25) is 0 Å². The Kier molecular flexibility index (Phi) is 4.78. The van der Waals surface area contributed by atoms with Gasteiger partial charge in [-0.2, -0.15) is 0 Å². The fourth-order valence-corrected chi connectivity index (χ4v) is 3.01. The van der Waals surface area contributed by atoms with Gasteiger partial charge in [0, 0.05) is 16.9 Å². The maximum absolute atomic E-state index is 11.0. The Bertz CT molecular complexity index is 434. The molecule has 0 fully saturated rings. The molecule has 18 heavy (non-hydrogen) atoms. The number of hydrogen-bond donors (Lipinski definition) is 1. The van der Waals surface area contributed by atoms with Crippen molar-refractivity contribution in [3.05, 3.63) is 33.8 Å². The molecule has 1 aromatic carbocycles. The zero-order valence-corrected chi connectivity index (χ0v) is 12.1. The van der Waals surface area contributed by atoms with Crippen molar-refractivity contribution in [2.45, 2.75) is 31.7 Å². The summed E-state index contributed by atoms with van der Waals surface area (Å²) in [6.07, 6.45) is 3.57. The molecule has 1 aromatic rings. The van der Waals surface area contributed by atoms with E-state index >= 15 is 0 Å². The van der Waals surface area contributed by atoms with Gasteiger partial charge in [0.05, 0.1) is 7.11 Å². The number of carbonyl (C=O) groups is 1. The summed E-state index contributed by atoms with van der Waals surface area (Å²) in [5.41, 5.74) is 2.81. The van der Waals surface area contributed by atoms with Crippen molar-refractivity contribution in [2.24, 2.45) is 0 Å². The first-order valence-electron chi connectivity index (χ1n) is 6.30. The monoisotopic (exact) mass is 311 g/mol. The molecule has 1 aliphatic rings. The molecule has 4 heteroatoms. The standard InChI is InChI=1S/C14H18BrNO2/c1-18-14(17)6-3-9-16-13-8-7-10-11(13)4-2-5-12(10)15/h2,4-5,13,16H,3,6-9H2,1H3. The minimum Gasteiger partial charge on any atom is -0.469 e. The van der Waals surface area contributed by atoms with Crippen LogP contribution in [0.1, 0.15) is 36.4 Å². The number of fused-ring (bicyclic) bond motifs is 1. The number of hydrogen-bond acceptors (Lipinski definition) is 3. The summed E-state index contributed by atoms with van der Waals surface area (Å²) < 4.78 is 5.83. The number of halogens is 1. The minimum absolute atomic E-state index is 0.133. The topological polar surface area (TPSA) is 38.3 Å². The summed E-state index contributed by atoms with van der Waals surface area (Å²) in [6, 6.07) is 6.79. The third-order valence-electron chi connectivity index (χ3n) is 3.39. The molecule has 1 unspecified atom stereocenters. The van der Waals surface area contributed by atoms with Gasteiger partial charge in [0.25, 0.3) is 0 Å². The first-order chi connectivity index (χ1) is 8.72. The molecule has 0 saturated carbocycles. The molecule has 0 spiro atoms. The van der Waals surface area contributed by atoms with Crippen molar-refractivity contribution in [3.63, 3.8) is 0 Å². The summed E-state index contributed by atoms with van der Waals surface area (Å²) in [4.78, 5) is 11.0. The average molecular weight is 312 g/mol. The Balaban J connectivity index is 1.83. The summed E-state index contributed by atoms with van der Waals surface area (Å²) in [6.45, 7) is 0.853. The third kappa shape index (κ3) is 3.12. The lowest BCUT2D eigenvalue weighted by atomic mass is 10.1. The van der Waals surface area contributed by atoms with Crippen molar-refractivity contribution in [2.75, 3.05) is 13.7 Å². The van der Waals surface area contributed by atoms with Gasteiger partial charge in [0.15, 0.2) is 0 Å². The van der Waals surface area contributed by atoms with Gasteiger partial charge in [-0.3, -0.25) is 4.79 Å².